The molecule has 0 saturated heterocycles. The first-order valence-electron chi connectivity index (χ1n) is 9.40. The van der Waals surface area contributed by atoms with Crippen LogP contribution in [-0.2, 0) is 22.6 Å². The quantitative estimate of drug-likeness (QED) is 0.658. The molecule has 2 aromatic rings. The van der Waals surface area contributed by atoms with E-state index in [1.165, 1.54) is 0 Å². The maximum absolute atomic E-state index is 12.9. The van der Waals surface area contributed by atoms with Crippen LogP contribution < -0.4 is 10.1 Å². The molecule has 0 saturated carbocycles. The van der Waals surface area contributed by atoms with Crippen molar-refractivity contribution in [2.24, 2.45) is 0 Å². The second-order valence-electron chi connectivity index (χ2n) is 6.55. The molecule has 1 atom stereocenters. The zero-order chi connectivity index (χ0) is 20.4. The van der Waals surface area contributed by atoms with Gasteiger partial charge in [-0.1, -0.05) is 42.5 Å². The van der Waals surface area contributed by atoms with E-state index in [9.17, 15) is 9.59 Å². The van der Waals surface area contributed by atoms with Crippen LogP contribution in [0.2, 0.25) is 0 Å². The maximum atomic E-state index is 12.9. The van der Waals surface area contributed by atoms with Gasteiger partial charge in [0.25, 0.3) is 0 Å². The van der Waals surface area contributed by atoms with Crippen LogP contribution in [0, 0.1) is 0 Å². The van der Waals surface area contributed by atoms with Gasteiger partial charge in [0, 0.05) is 19.5 Å². The van der Waals surface area contributed by atoms with E-state index in [0.29, 0.717) is 19.4 Å². The minimum absolute atomic E-state index is 0.0914. The molecule has 0 spiro atoms. The lowest BCUT2D eigenvalue weighted by Gasteiger charge is -2.29. The minimum atomic E-state index is -0.642. The molecule has 0 bridgehead atoms. The van der Waals surface area contributed by atoms with Gasteiger partial charge in [0.15, 0.2) is 0 Å². The van der Waals surface area contributed by atoms with Crippen molar-refractivity contribution in [1.29, 1.82) is 0 Å². The zero-order valence-corrected chi connectivity index (χ0v) is 16.4. The molecule has 0 aromatic heterocycles. The smallest absolute Gasteiger partial charge is 0.242 e. The number of rotatable bonds is 10. The fourth-order valence-corrected chi connectivity index (χ4v) is 2.88. The number of aliphatic hydroxyl groups excluding tert-OH is 1. The summed E-state index contributed by atoms with van der Waals surface area (Å²) in [6, 6.07) is 16.6. The van der Waals surface area contributed by atoms with Gasteiger partial charge in [-0.3, -0.25) is 9.59 Å². The van der Waals surface area contributed by atoms with E-state index in [1.807, 2.05) is 54.6 Å². The van der Waals surface area contributed by atoms with Crippen LogP contribution in [0.5, 0.6) is 5.75 Å². The Labute approximate surface area is 166 Å². The number of aryl methyl sites for hydroxylation is 1. The standard InChI is InChI=1S/C22H28N2O4/c1-17(22(27)23-14-15-25)24(16-19-8-11-20(28-2)12-9-19)21(26)13-10-18-6-4-3-5-7-18/h3-9,11-12,17,25H,10,13-16H2,1-2H3,(H,23,27)/t17-/m0/s1. The van der Waals surface area contributed by atoms with Gasteiger partial charge in [-0.15, -0.1) is 0 Å². The third-order valence-electron chi connectivity index (χ3n) is 4.56. The average Bonchev–Trinajstić information content (AvgIpc) is 2.74. The highest BCUT2D eigenvalue weighted by Gasteiger charge is 2.25. The highest BCUT2D eigenvalue weighted by atomic mass is 16.5. The molecule has 0 radical (unpaired) electrons. The minimum Gasteiger partial charge on any atom is -0.497 e. The van der Waals surface area contributed by atoms with E-state index in [-0.39, 0.29) is 25.0 Å². The molecular weight excluding hydrogens is 356 g/mol. The molecule has 2 rings (SSSR count). The van der Waals surface area contributed by atoms with Crippen molar-refractivity contribution >= 4 is 11.8 Å². The van der Waals surface area contributed by atoms with Gasteiger partial charge in [0.1, 0.15) is 11.8 Å². The van der Waals surface area contributed by atoms with Gasteiger partial charge in [-0.2, -0.15) is 0 Å². The van der Waals surface area contributed by atoms with E-state index in [0.717, 1.165) is 16.9 Å². The molecule has 0 fully saturated rings. The SMILES string of the molecule is COc1ccc(CN(C(=O)CCc2ccccc2)[C@@H](C)C(=O)NCCO)cc1. The molecule has 150 valence electrons. The summed E-state index contributed by atoms with van der Waals surface area (Å²) in [5.41, 5.74) is 1.99. The molecule has 28 heavy (non-hydrogen) atoms. The van der Waals surface area contributed by atoms with Gasteiger partial charge in [-0.25, -0.2) is 0 Å². The monoisotopic (exact) mass is 384 g/mol. The molecule has 0 aliphatic rings. The fourth-order valence-electron chi connectivity index (χ4n) is 2.88. The Balaban J connectivity index is 2.11. The Hall–Kier alpha value is -2.86. The zero-order valence-electron chi connectivity index (χ0n) is 16.4. The Morgan fingerprint density at radius 2 is 1.75 bits per heavy atom. The van der Waals surface area contributed by atoms with Gasteiger partial charge in [-0.05, 0) is 36.6 Å². The summed E-state index contributed by atoms with van der Waals surface area (Å²) in [6.07, 6.45) is 0.932. The first-order valence-corrected chi connectivity index (χ1v) is 9.40. The van der Waals surface area contributed by atoms with Gasteiger partial charge >= 0.3 is 0 Å². The van der Waals surface area contributed by atoms with Crippen molar-refractivity contribution in [1.82, 2.24) is 10.2 Å². The number of aliphatic hydroxyl groups is 1. The summed E-state index contributed by atoms with van der Waals surface area (Å²) in [5.74, 6) is 0.362. The molecule has 2 aromatic carbocycles. The first kappa shape index (κ1) is 21.4. The van der Waals surface area contributed by atoms with Gasteiger partial charge < -0.3 is 20.1 Å². The number of nitrogens with zero attached hydrogens (tertiary/aromatic N) is 1. The molecule has 2 N–H and O–H groups in total. The largest absolute Gasteiger partial charge is 0.497 e. The number of hydrogen-bond donors (Lipinski definition) is 2. The van der Waals surface area contributed by atoms with E-state index in [4.69, 9.17) is 9.84 Å². The van der Waals surface area contributed by atoms with Crippen LogP contribution in [0.15, 0.2) is 54.6 Å². The van der Waals surface area contributed by atoms with Crippen LogP contribution in [0.3, 0.4) is 0 Å². The van der Waals surface area contributed by atoms with Crippen molar-refractivity contribution in [2.45, 2.75) is 32.4 Å². The van der Waals surface area contributed by atoms with E-state index in [2.05, 4.69) is 5.32 Å². The Morgan fingerprint density at radius 3 is 2.36 bits per heavy atom. The lowest BCUT2D eigenvalue weighted by molar-refractivity contribution is -0.140. The predicted molar refractivity (Wildman–Crippen MR) is 108 cm³/mol. The number of hydrogen-bond acceptors (Lipinski definition) is 4. The number of carbonyl (C=O) groups is 2. The van der Waals surface area contributed by atoms with Gasteiger partial charge in [0.05, 0.1) is 13.7 Å². The number of nitrogens with one attached hydrogen (secondary N) is 1. The lowest BCUT2D eigenvalue weighted by atomic mass is 10.1. The van der Waals surface area contributed by atoms with Crippen LogP contribution >= 0.6 is 0 Å². The summed E-state index contributed by atoms with van der Waals surface area (Å²) < 4.78 is 5.17. The van der Waals surface area contributed by atoms with Crippen molar-refractivity contribution in [2.75, 3.05) is 20.3 Å². The van der Waals surface area contributed by atoms with Crippen LogP contribution in [-0.4, -0.2) is 48.1 Å². The third kappa shape index (κ3) is 6.39. The van der Waals surface area contributed by atoms with Gasteiger partial charge in [0.2, 0.25) is 11.8 Å². The molecular formula is C22H28N2O4. The highest BCUT2D eigenvalue weighted by Crippen LogP contribution is 2.16. The van der Waals surface area contributed by atoms with E-state index >= 15 is 0 Å². The Bertz CT molecular complexity index is 747. The number of benzene rings is 2. The number of ether oxygens (including phenoxy) is 1. The Kier molecular flexibility index (Phi) is 8.49. The summed E-state index contributed by atoms with van der Waals surface area (Å²) in [6.45, 7) is 2.05. The van der Waals surface area contributed by atoms with Crippen molar-refractivity contribution in [3.05, 3.63) is 65.7 Å². The second-order valence-corrected chi connectivity index (χ2v) is 6.55. The summed E-state index contributed by atoms with van der Waals surface area (Å²) in [7, 11) is 1.60. The lowest BCUT2D eigenvalue weighted by Crippen LogP contribution is -2.48. The number of methoxy groups -OCH3 is 1. The molecule has 6 heteroatoms. The molecule has 0 aliphatic heterocycles. The average molecular weight is 384 g/mol. The van der Waals surface area contributed by atoms with Crippen LogP contribution in [0.1, 0.15) is 24.5 Å². The molecule has 2 amide bonds. The third-order valence-corrected chi connectivity index (χ3v) is 4.56. The summed E-state index contributed by atoms with van der Waals surface area (Å²) in [4.78, 5) is 26.9. The molecule has 0 heterocycles. The van der Waals surface area contributed by atoms with Crippen molar-refractivity contribution in [3.8, 4) is 5.75 Å². The number of carbonyl (C=O) groups excluding carboxylic acids is 2. The Morgan fingerprint density at radius 1 is 1.07 bits per heavy atom. The topological polar surface area (TPSA) is 78.9 Å². The van der Waals surface area contributed by atoms with Crippen LogP contribution in [0.4, 0.5) is 0 Å². The summed E-state index contributed by atoms with van der Waals surface area (Å²) in [5, 5.41) is 11.6. The maximum Gasteiger partial charge on any atom is 0.242 e. The predicted octanol–water partition coefficient (Wildman–Crippen LogP) is 2.15. The van der Waals surface area contributed by atoms with Crippen molar-refractivity contribution in [3.63, 3.8) is 0 Å². The highest BCUT2D eigenvalue weighted by molar-refractivity contribution is 5.87. The van der Waals surface area contributed by atoms with E-state index in [1.54, 1.807) is 18.9 Å². The molecule has 0 aliphatic carbocycles. The number of amides is 2. The molecule has 0 unspecified atom stereocenters. The van der Waals surface area contributed by atoms with Crippen LogP contribution in [0.25, 0.3) is 0 Å². The first-order chi connectivity index (χ1) is 13.5. The van der Waals surface area contributed by atoms with Crippen molar-refractivity contribution < 1.29 is 19.4 Å². The normalized spacial score (nSPS) is 11.5. The van der Waals surface area contributed by atoms with E-state index < -0.39 is 6.04 Å². The second kappa shape index (κ2) is 11.1. The summed E-state index contributed by atoms with van der Waals surface area (Å²) >= 11 is 0. The molecule has 6 nitrogen and oxygen atoms in total. The fraction of sp³-hybridized carbons (Fsp3) is 0.364.